The molecule has 0 radical (unpaired) electrons. The number of amides is 4. The summed E-state index contributed by atoms with van der Waals surface area (Å²) in [6.45, 7) is 2.20. The average molecular weight is 957 g/mol. The van der Waals surface area contributed by atoms with Crippen molar-refractivity contribution in [2.24, 2.45) is 5.92 Å². The van der Waals surface area contributed by atoms with Crippen LogP contribution in [0.1, 0.15) is 78.6 Å². The third-order valence-electron chi connectivity index (χ3n) is 14.4. The molecule has 17 nitrogen and oxygen atoms in total. The number of benzene rings is 4. The van der Waals surface area contributed by atoms with Gasteiger partial charge in [-0.25, -0.2) is 19.6 Å². The van der Waals surface area contributed by atoms with Crippen molar-refractivity contribution < 1.29 is 52.0 Å². The first-order valence-corrected chi connectivity index (χ1v) is 23.5. The summed E-state index contributed by atoms with van der Waals surface area (Å²) in [4.78, 5) is 72.1. The van der Waals surface area contributed by atoms with E-state index in [0.717, 1.165) is 6.42 Å². The molecule has 1 spiro atoms. The van der Waals surface area contributed by atoms with Gasteiger partial charge in [0.2, 0.25) is 5.91 Å². The van der Waals surface area contributed by atoms with Gasteiger partial charge in [0.05, 0.1) is 61.9 Å². The summed E-state index contributed by atoms with van der Waals surface area (Å²) in [6, 6.07) is 21.0. The number of fused-ring (bicyclic) bond motifs is 4. The summed E-state index contributed by atoms with van der Waals surface area (Å²) in [7, 11) is 1.26. The fourth-order valence-corrected chi connectivity index (χ4v) is 10.9. The first kappa shape index (κ1) is 45.2. The second-order valence-electron chi connectivity index (χ2n) is 18.5. The number of nitrogens with one attached hydrogen (secondary N) is 4. The minimum atomic E-state index is -3.34. The molecule has 6 heterocycles. The molecule has 1 unspecified atom stereocenters. The molecule has 4 aliphatic heterocycles. The number of hydrogen-bond acceptors (Lipinski definition) is 10. The molecule has 5 N–H and O–H groups in total. The van der Waals surface area contributed by atoms with Crippen molar-refractivity contribution >= 4 is 35.0 Å². The highest BCUT2D eigenvalue weighted by molar-refractivity contribution is 5.89. The van der Waals surface area contributed by atoms with E-state index in [1.165, 1.54) is 19.2 Å². The number of carbonyl (C=O) groups excluding carboxylic acids is 3. The maximum absolute atomic E-state index is 16.7. The Kier molecular flexibility index (Phi) is 11.6. The second kappa shape index (κ2) is 17.9. The molecule has 2 aromatic heterocycles. The SMILES string of the molecule is COC(=O)N[C@H](C(=O)N1CCCC1c1ncc(-c2ccc3c(c2)C(F)(F)c2cc(-c4ccc5nc([C@@H]6CC7(CN6C(=O)[C@H](NC(=O)O)c6ccccc6)OCCO7)[nH]c5c4)ccc2-3)[nH]1)C1CCOCC1. The molecular formula is C51H50F2N8O9. The first-order chi connectivity index (χ1) is 33.9. The van der Waals surface area contributed by atoms with E-state index in [-0.39, 0.29) is 35.9 Å². The zero-order valence-electron chi connectivity index (χ0n) is 38.1. The van der Waals surface area contributed by atoms with Crippen molar-refractivity contribution in [2.75, 3.05) is 46.6 Å². The minimum Gasteiger partial charge on any atom is -0.465 e. The number of nitrogens with zero attached hydrogens (tertiary/aromatic N) is 4. The lowest BCUT2D eigenvalue weighted by molar-refractivity contribution is -0.153. The van der Waals surface area contributed by atoms with Crippen LogP contribution in [0.5, 0.6) is 0 Å². The van der Waals surface area contributed by atoms with Gasteiger partial charge in [-0.05, 0) is 83.7 Å². The lowest BCUT2D eigenvalue weighted by Crippen LogP contribution is -2.53. The van der Waals surface area contributed by atoms with Gasteiger partial charge in [-0.2, -0.15) is 8.78 Å². The lowest BCUT2D eigenvalue weighted by Gasteiger charge is -2.34. The topological polar surface area (TPSA) is 213 Å². The summed E-state index contributed by atoms with van der Waals surface area (Å²) < 4.78 is 55.9. The Morgan fingerprint density at radius 2 is 1.50 bits per heavy atom. The van der Waals surface area contributed by atoms with E-state index in [4.69, 9.17) is 23.9 Å². The van der Waals surface area contributed by atoms with Crippen molar-refractivity contribution in [3.8, 4) is 33.5 Å². The highest BCUT2D eigenvalue weighted by Gasteiger charge is 2.53. The number of alkyl carbamates (subject to hydrolysis) is 1. The van der Waals surface area contributed by atoms with Crippen LogP contribution in [0.15, 0.2) is 91.1 Å². The number of halogens is 2. The lowest BCUT2D eigenvalue weighted by atomic mass is 9.90. The van der Waals surface area contributed by atoms with Gasteiger partial charge in [-0.1, -0.05) is 60.7 Å². The molecular weight excluding hydrogens is 907 g/mol. The number of imidazole rings is 2. The number of rotatable bonds is 10. The standard InChI is InChI=1S/C51H50F2N8O9/c1-67-49(66)59-43(29-15-18-68-19-16-29)46(62)60-17-5-8-40(60)44-54-26-39(57-44)32-10-13-34-33-12-9-30(22-35(33)51(52,53)36(34)23-32)31-11-14-37-38(24-31)56-45(55-37)41-25-50(69-20-21-70-50)27-61(41)47(63)42(58-48(64)65)28-6-3-2-4-7-28/h2-4,6-7,9-14,22-24,26,29,40-43,58H,5,8,15-21,25,27H2,1H3,(H,54,57)(H,55,56)(H,59,66)(H,64,65)/t40?,41-,42+,43-/m0/s1. The van der Waals surface area contributed by atoms with E-state index in [9.17, 15) is 24.3 Å². The predicted octanol–water partition coefficient (Wildman–Crippen LogP) is 7.58. The number of carbonyl (C=O) groups is 4. The number of aromatic nitrogens is 4. The van der Waals surface area contributed by atoms with Crippen LogP contribution in [0, 0.1) is 5.92 Å². The molecule has 0 bridgehead atoms. The number of alkyl halides is 2. The average Bonchev–Trinajstić information content (AvgIpc) is 4.26. The molecule has 6 aromatic rings. The summed E-state index contributed by atoms with van der Waals surface area (Å²) in [5.74, 6) is -4.29. The third kappa shape index (κ3) is 8.10. The monoisotopic (exact) mass is 956 g/mol. The van der Waals surface area contributed by atoms with E-state index in [1.54, 1.807) is 70.6 Å². The highest BCUT2D eigenvalue weighted by Crippen LogP contribution is 2.53. The normalized spacial score (nSPS) is 21.1. The van der Waals surface area contributed by atoms with Crippen LogP contribution in [0.2, 0.25) is 0 Å². The van der Waals surface area contributed by atoms with E-state index in [2.05, 4.69) is 25.6 Å². The molecule has 4 amide bonds. The summed E-state index contributed by atoms with van der Waals surface area (Å²) in [5.41, 5.74) is 4.52. The van der Waals surface area contributed by atoms with Crippen LogP contribution in [0.25, 0.3) is 44.5 Å². The molecule has 19 heteroatoms. The minimum absolute atomic E-state index is 0.0532. The molecule has 4 saturated heterocycles. The zero-order valence-corrected chi connectivity index (χ0v) is 38.1. The van der Waals surface area contributed by atoms with Crippen molar-refractivity contribution in [1.82, 2.24) is 40.4 Å². The van der Waals surface area contributed by atoms with Gasteiger partial charge >= 0.3 is 12.2 Å². The number of ether oxygens (including phenoxy) is 4. The number of carboxylic acid groups (broad SMARTS) is 1. The zero-order chi connectivity index (χ0) is 48.3. The van der Waals surface area contributed by atoms with Crippen molar-refractivity contribution in [2.45, 2.75) is 68.0 Å². The summed E-state index contributed by atoms with van der Waals surface area (Å²) >= 11 is 0. The molecule has 4 aromatic carbocycles. The molecule has 1 aliphatic carbocycles. The van der Waals surface area contributed by atoms with Gasteiger partial charge in [-0.15, -0.1) is 0 Å². The van der Waals surface area contributed by atoms with Crippen molar-refractivity contribution in [3.05, 3.63) is 119 Å². The third-order valence-corrected chi connectivity index (χ3v) is 14.4. The van der Waals surface area contributed by atoms with E-state index in [1.807, 2.05) is 18.2 Å². The van der Waals surface area contributed by atoms with Crippen LogP contribution >= 0.6 is 0 Å². The van der Waals surface area contributed by atoms with Gasteiger partial charge in [0.25, 0.3) is 11.8 Å². The van der Waals surface area contributed by atoms with Crippen molar-refractivity contribution in [3.63, 3.8) is 0 Å². The summed E-state index contributed by atoms with van der Waals surface area (Å²) in [5, 5.41) is 14.9. The fourth-order valence-electron chi connectivity index (χ4n) is 10.9. The van der Waals surface area contributed by atoms with Crippen LogP contribution in [-0.2, 0) is 34.5 Å². The van der Waals surface area contributed by atoms with Gasteiger partial charge in [0.15, 0.2) is 5.79 Å². The number of methoxy groups -OCH3 is 1. The number of likely N-dealkylation sites (tertiary alicyclic amines) is 2. The Bertz CT molecular complexity index is 3000. The molecule has 70 heavy (non-hydrogen) atoms. The molecule has 5 aliphatic rings. The Morgan fingerprint density at radius 3 is 2.23 bits per heavy atom. The fraction of sp³-hybridized carbons (Fsp3) is 0.373. The number of H-pyrrole nitrogens is 2. The molecule has 4 atom stereocenters. The van der Waals surface area contributed by atoms with Gasteiger partial charge in [0, 0.05) is 42.9 Å². The molecule has 4 fully saturated rings. The Labute approximate surface area is 399 Å². The predicted molar refractivity (Wildman–Crippen MR) is 248 cm³/mol. The molecule has 362 valence electrons. The van der Waals surface area contributed by atoms with Crippen LogP contribution in [0.3, 0.4) is 0 Å². The second-order valence-corrected chi connectivity index (χ2v) is 18.5. The highest BCUT2D eigenvalue weighted by atomic mass is 19.3. The number of aromatic amines is 2. The van der Waals surface area contributed by atoms with Crippen LogP contribution < -0.4 is 10.6 Å². The van der Waals surface area contributed by atoms with Crippen molar-refractivity contribution in [1.29, 1.82) is 0 Å². The Morgan fingerprint density at radius 1 is 0.800 bits per heavy atom. The Hall–Kier alpha value is -7.22. The number of hydrogen-bond donors (Lipinski definition) is 5. The maximum Gasteiger partial charge on any atom is 0.407 e. The largest absolute Gasteiger partial charge is 0.465 e. The van der Waals surface area contributed by atoms with Gasteiger partial charge in [-0.3, -0.25) is 9.59 Å². The van der Waals surface area contributed by atoms with E-state index < -0.39 is 54.0 Å². The smallest absolute Gasteiger partial charge is 0.407 e. The van der Waals surface area contributed by atoms with E-state index in [0.29, 0.717) is 114 Å². The summed E-state index contributed by atoms with van der Waals surface area (Å²) in [6.07, 6.45) is 2.42. The van der Waals surface area contributed by atoms with Gasteiger partial charge in [0.1, 0.15) is 23.7 Å². The van der Waals surface area contributed by atoms with E-state index >= 15 is 8.78 Å². The van der Waals surface area contributed by atoms with Gasteiger partial charge < -0.3 is 54.5 Å². The molecule has 11 rings (SSSR count). The van der Waals surface area contributed by atoms with Crippen LogP contribution in [-0.4, -0.2) is 117 Å². The Balaban J connectivity index is 0.836. The maximum atomic E-state index is 16.7. The molecule has 0 saturated carbocycles. The quantitative estimate of drug-likeness (QED) is 0.0903. The van der Waals surface area contributed by atoms with Crippen LogP contribution in [0.4, 0.5) is 18.4 Å². The first-order valence-electron chi connectivity index (χ1n) is 23.5.